The van der Waals surface area contributed by atoms with Crippen LogP contribution in [0.25, 0.3) is 32.7 Å². The Morgan fingerprint density at radius 3 is 1.91 bits per heavy atom. The summed E-state index contributed by atoms with van der Waals surface area (Å²) >= 11 is 0. The van der Waals surface area contributed by atoms with Gasteiger partial charge in [-0.3, -0.25) is 0 Å². The summed E-state index contributed by atoms with van der Waals surface area (Å²) in [6, 6.07) is 11.2. The minimum absolute atomic E-state index is 0.0526. The summed E-state index contributed by atoms with van der Waals surface area (Å²) in [5.41, 5.74) is -0.229. The van der Waals surface area contributed by atoms with E-state index in [1.807, 2.05) is 12.1 Å². The largest absolute Gasteiger partial charge is 0.458 e. The zero-order chi connectivity index (χ0) is 30.5. The summed E-state index contributed by atoms with van der Waals surface area (Å²) < 4.78 is 98.0. The number of benzene rings is 4. The molecule has 0 atom stereocenters. The number of fused-ring (bicyclic) bond motifs is 2. The molecule has 4 aromatic rings. The molecule has 2 aliphatic carbocycles. The van der Waals surface area contributed by atoms with E-state index in [0.717, 1.165) is 54.2 Å². The fourth-order valence-electron chi connectivity index (χ4n) is 7.28. The van der Waals surface area contributed by atoms with E-state index < -0.39 is 35.0 Å². The van der Waals surface area contributed by atoms with Crippen molar-refractivity contribution in [1.82, 2.24) is 0 Å². The maximum Gasteiger partial charge on any atom is 0.458 e. The molecule has 2 saturated carbocycles. The minimum Gasteiger partial charge on any atom is -0.206 e. The first-order valence-electron chi connectivity index (χ1n) is 14.9. The molecule has 2 fully saturated rings. The molecule has 0 aliphatic heterocycles. The lowest BCUT2D eigenvalue weighted by Gasteiger charge is -2.37. The minimum atomic E-state index is -4.92. The van der Waals surface area contributed by atoms with Crippen LogP contribution in [-0.4, -0.2) is 6.18 Å². The van der Waals surface area contributed by atoms with Crippen molar-refractivity contribution in [1.29, 1.82) is 0 Å². The maximum atomic E-state index is 15.8. The highest BCUT2D eigenvalue weighted by Crippen LogP contribution is 2.44. The summed E-state index contributed by atoms with van der Waals surface area (Å²) in [5, 5.41) is 0.416. The molecule has 43 heavy (non-hydrogen) atoms. The molecule has 0 nitrogen and oxygen atoms in total. The maximum absolute atomic E-state index is 15.8. The number of halogens is 7. The first-order chi connectivity index (χ1) is 20.5. The molecule has 224 valence electrons. The predicted octanol–water partition coefficient (Wildman–Crippen LogP) is 11.2. The highest BCUT2D eigenvalue weighted by Gasteiger charge is 2.31. The molecule has 0 bridgehead atoms. The molecule has 0 unspecified atom stereocenters. The van der Waals surface area contributed by atoms with Gasteiger partial charge < -0.3 is 0 Å². The van der Waals surface area contributed by atoms with Crippen LogP contribution in [0.15, 0.2) is 48.5 Å². The van der Waals surface area contributed by atoms with Gasteiger partial charge in [0.05, 0.1) is 11.1 Å². The second-order valence-electron chi connectivity index (χ2n) is 12.4. The highest BCUT2D eigenvalue weighted by atomic mass is 19.4. The molecule has 0 spiro atoms. The van der Waals surface area contributed by atoms with Gasteiger partial charge in [-0.2, -0.15) is 13.2 Å². The summed E-state index contributed by atoms with van der Waals surface area (Å²) in [4.78, 5) is 0. The number of hydrogen-bond acceptors (Lipinski definition) is 0. The molecule has 4 aromatic carbocycles. The molecule has 0 amide bonds. The smallest absolute Gasteiger partial charge is 0.206 e. The van der Waals surface area contributed by atoms with Crippen molar-refractivity contribution in [2.75, 3.05) is 0 Å². The molecule has 7 heteroatoms. The van der Waals surface area contributed by atoms with Crippen molar-refractivity contribution in [3.05, 3.63) is 82.9 Å². The van der Waals surface area contributed by atoms with Crippen molar-refractivity contribution in [3.63, 3.8) is 0 Å². The lowest BCUT2D eigenvalue weighted by Crippen LogP contribution is -2.24. The second-order valence-corrected chi connectivity index (χ2v) is 12.4. The quantitative estimate of drug-likeness (QED) is 0.163. The van der Waals surface area contributed by atoms with Crippen LogP contribution in [0.5, 0.6) is 0 Å². The zero-order valence-electron chi connectivity index (χ0n) is 23.7. The SMILES string of the molecule is CC1CCC(C2CCC(c3ccc4c(F)c(-c5ccc6c(F)c(C#CC(F)(F)F)c(F)cc6c5)c(F)cc4c3)CC2)CC1. The van der Waals surface area contributed by atoms with Gasteiger partial charge in [0, 0.05) is 16.7 Å². The van der Waals surface area contributed by atoms with Crippen LogP contribution in [0.2, 0.25) is 0 Å². The summed E-state index contributed by atoms with van der Waals surface area (Å²) in [6.45, 7) is 2.34. The van der Waals surface area contributed by atoms with E-state index in [9.17, 15) is 22.0 Å². The van der Waals surface area contributed by atoms with Gasteiger partial charge in [0.15, 0.2) is 0 Å². The third-order valence-electron chi connectivity index (χ3n) is 9.67. The molecule has 0 N–H and O–H groups in total. The summed E-state index contributed by atoms with van der Waals surface area (Å²) in [6.07, 6.45) is 4.88. The molecular weight excluding hydrogens is 565 g/mol. The molecule has 0 heterocycles. The topological polar surface area (TPSA) is 0 Å². The second kappa shape index (κ2) is 11.5. The molecular formula is C36H31F7. The van der Waals surface area contributed by atoms with E-state index in [0.29, 0.717) is 11.3 Å². The van der Waals surface area contributed by atoms with Gasteiger partial charge in [0.2, 0.25) is 0 Å². The van der Waals surface area contributed by atoms with Crippen LogP contribution < -0.4 is 0 Å². The monoisotopic (exact) mass is 596 g/mol. The van der Waals surface area contributed by atoms with Crippen LogP contribution in [0, 0.1) is 52.9 Å². The number of rotatable bonds is 3. The Hall–Kier alpha value is -3.53. The van der Waals surface area contributed by atoms with E-state index in [1.165, 1.54) is 62.6 Å². The summed E-state index contributed by atoms with van der Waals surface area (Å²) in [7, 11) is 0. The average Bonchev–Trinajstić information content (AvgIpc) is 2.96. The van der Waals surface area contributed by atoms with E-state index in [-0.39, 0.29) is 27.3 Å². The summed E-state index contributed by atoms with van der Waals surface area (Å²) in [5.74, 6) is 0.973. The van der Waals surface area contributed by atoms with Crippen LogP contribution in [0.1, 0.15) is 75.3 Å². The van der Waals surface area contributed by atoms with Gasteiger partial charge in [-0.15, -0.1) is 0 Å². The van der Waals surface area contributed by atoms with Crippen molar-refractivity contribution in [2.45, 2.75) is 70.4 Å². The first-order valence-corrected chi connectivity index (χ1v) is 14.9. The van der Waals surface area contributed by atoms with E-state index in [1.54, 1.807) is 6.07 Å². The van der Waals surface area contributed by atoms with Crippen molar-refractivity contribution in [2.24, 2.45) is 17.8 Å². The Kier molecular flexibility index (Phi) is 7.91. The number of hydrogen-bond donors (Lipinski definition) is 0. The Morgan fingerprint density at radius 2 is 1.23 bits per heavy atom. The standard InChI is InChI=1S/C36H31F7/c1-20-2-4-21(5-3-20)22-6-8-23(9-7-22)24-10-12-29-26(16-24)19-32(38)33(35(29)40)25-11-13-28-27(17-25)18-31(37)30(34(28)39)14-15-36(41,42)43/h10-13,16-23H,2-9H2,1H3. The fourth-order valence-corrected chi connectivity index (χ4v) is 7.28. The highest BCUT2D eigenvalue weighted by molar-refractivity contribution is 5.93. The molecule has 0 saturated heterocycles. The third kappa shape index (κ3) is 5.98. The lowest BCUT2D eigenvalue weighted by atomic mass is 9.68. The van der Waals surface area contributed by atoms with Crippen molar-refractivity contribution in [3.8, 4) is 23.0 Å². The first kappa shape index (κ1) is 29.5. The Bertz CT molecular complexity index is 1740. The fraction of sp³-hybridized carbons (Fsp3) is 0.389. The van der Waals surface area contributed by atoms with E-state index in [4.69, 9.17) is 0 Å². The van der Waals surface area contributed by atoms with Gasteiger partial charge >= 0.3 is 6.18 Å². The predicted molar refractivity (Wildman–Crippen MR) is 155 cm³/mol. The van der Waals surface area contributed by atoms with E-state index in [2.05, 4.69) is 6.92 Å². The third-order valence-corrected chi connectivity index (χ3v) is 9.67. The Labute approximate surface area is 246 Å². The van der Waals surface area contributed by atoms with Gasteiger partial charge in [-0.05, 0) is 102 Å². The molecule has 6 rings (SSSR count). The average molecular weight is 597 g/mol. The van der Waals surface area contributed by atoms with Crippen LogP contribution in [0.3, 0.4) is 0 Å². The molecule has 0 radical (unpaired) electrons. The van der Waals surface area contributed by atoms with E-state index >= 15 is 8.78 Å². The van der Waals surface area contributed by atoms with Gasteiger partial charge in [-0.25, -0.2) is 17.6 Å². The normalized spacial score (nSPS) is 22.9. The molecule has 0 aromatic heterocycles. The lowest BCUT2D eigenvalue weighted by molar-refractivity contribution is -0.0696. The van der Waals surface area contributed by atoms with Gasteiger partial charge in [0.1, 0.15) is 23.3 Å². The van der Waals surface area contributed by atoms with Crippen LogP contribution >= 0.6 is 0 Å². The van der Waals surface area contributed by atoms with Crippen molar-refractivity contribution < 1.29 is 30.7 Å². The molecule has 2 aliphatic rings. The van der Waals surface area contributed by atoms with Crippen molar-refractivity contribution >= 4 is 21.5 Å². The van der Waals surface area contributed by atoms with Crippen LogP contribution in [0.4, 0.5) is 30.7 Å². The Morgan fingerprint density at radius 1 is 0.651 bits per heavy atom. The Balaban J connectivity index is 1.27. The van der Waals surface area contributed by atoms with Crippen LogP contribution in [-0.2, 0) is 0 Å². The number of alkyl halides is 3. The van der Waals surface area contributed by atoms with Gasteiger partial charge in [0.25, 0.3) is 0 Å². The zero-order valence-corrected chi connectivity index (χ0v) is 23.7. The van der Waals surface area contributed by atoms with Gasteiger partial charge in [-0.1, -0.05) is 56.0 Å².